The van der Waals surface area contributed by atoms with Crippen LogP contribution < -0.4 is 0 Å². The molecule has 0 amide bonds. The van der Waals surface area contributed by atoms with E-state index in [0.29, 0.717) is 0 Å². The van der Waals surface area contributed by atoms with Gasteiger partial charge in [-0.3, -0.25) is 4.79 Å². The van der Waals surface area contributed by atoms with Crippen LogP contribution in [0.1, 0.15) is 84.5 Å². The van der Waals surface area contributed by atoms with Crippen LogP contribution in [0.2, 0.25) is 0 Å². The second kappa shape index (κ2) is 15.3. The van der Waals surface area contributed by atoms with Crippen LogP contribution in [0.5, 0.6) is 0 Å². The first-order valence-corrected chi connectivity index (χ1v) is 8.64. The average molecular weight is 294 g/mol. The number of rotatable bonds is 14. The van der Waals surface area contributed by atoms with Crippen molar-refractivity contribution in [3.05, 3.63) is 24.3 Å². The van der Waals surface area contributed by atoms with Crippen molar-refractivity contribution in [3.63, 3.8) is 0 Å². The maximum Gasteiger partial charge on any atom is 0.303 e. The van der Waals surface area contributed by atoms with Crippen LogP contribution in [0.3, 0.4) is 0 Å². The molecule has 0 aliphatic heterocycles. The lowest BCUT2D eigenvalue weighted by Crippen LogP contribution is -1.92. The maximum atomic E-state index is 10.3. The molecule has 0 aromatic rings. The molecule has 0 aliphatic rings. The molecule has 0 saturated carbocycles. The smallest absolute Gasteiger partial charge is 0.303 e. The van der Waals surface area contributed by atoms with Crippen molar-refractivity contribution >= 4 is 5.97 Å². The van der Waals surface area contributed by atoms with E-state index in [1.165, 1.54) is 38.5 Å². The van der Waals surface area contributed by atoms with Crippen LogP contribution in [-0.4, -0.2) is 11.1 Å². The van der Waals surface area contributed by atoms with Crippen molar-refractivity contribution in [2.24, 2.45) is 5.92 Å². The minimum Gasteiger partial charge on any atom is -0.481 e. The summed E-state index contributed by atoms with van der Waals surface area (Å²) in [5.74, 6) is 0.151. The van der Waals surface area contributed by atoms with E-state index in [1.54, 1.807) is 0 Å². The van der Waals surface area contributed by atoms with Crippen LogP contribution in [-0.2, 0) is 4.79 Å². The Hall–Kier alpha value is -1.05. The summed E-state index contributed by atoms with van der Waals surface area (Å²) in [5.41, 5.74) is 0. The number of allylic oxidation sites excluding steroid dienone is 4. The fourth-order valence-corrected chi connectivity index (χ4v) is 2.20. The lowest BCUT2D eigenvalue weighted by Gasteiger charge is -2.03. The molecule has 0 atom stereocenters. The van der Waals surface area contributed by atoms with Crippen LogP contribution in [0.15, 0.2) is 24.3 Å². The molecule has 0 aliphatic carbocycles. The average Bonchev–Trinajstić information content (AvgIpc) is 2.42. The van der Waals surface area contributed by atoms with Gasteiger partial charge >= 0.3 is 5.97 Å². The minimum atomic E-state index is -0.699. The van der Waals surface area contributed by atoms with Crippen LogP contribution in [0.4, 0.5) is 0 Å². The molecule has 2 nitrogen and oxygen atoms in total. The van der Waals surface area contributed by atoms with Gasteiger partial charge < -0.3 is 5.11 Å². The molecule has 0 aromatic heterocycles. The number of hydrogen-bond acceptors (Lipinski definition) is 1. The Bertz CT molecular complexity index is 290. The van der Waals surface area contributed by atoms with Gasteiger partial charge in [-0.05, 0) is 44.4 Å². The van der Waals surface area contributed by atoms with Crippen LogP contribution in [0, 0.1) is 5.92 Å². The van der Waals surface area contributed by atoms with E-state index in [1.807, 2.05) is 0 Å². The molecule has 0 saturated heterocycles. The Balaban J connectivity index is 3.22. The summed E-state index contributed by atoms with van der Waals surface area (Å²) in [6, 6.07) is 0. The predicted molar refractivity (Wildman–Crippen MR) is 91.5 cm³/mol. The zero-order valence-electron chi connectivity index (χ0n) is 14.0. The SMILES string of the molecule is CC(C)CCCCCC/C=C\CC/C=C\CCCC(=O)O. The standard InChI is InChI=1S/C19H34O2/c1-18(2)16-14-12-10-8-6-4-3-5-7-9-11-13-15-17-19(20)21/h3-4,9,11,18H,5-8,10,12-17H2,1-2H3,(H,20,21)/b4-3-,11-9-. The number of carboxylic acids is 1. The molecule has 0 heterocycles. The predicted octanol–water partition coefficient (Wildman–Crippen LogP) is 6.13. The molecule has 2 heteroatoms. The summed E-state index contributed by atoms with van der Waals surface area (Å²) >= 11 is 0. The maximum absolute atomic E-state index is 10.3. The monoisotopic (exact) mass is 294 g/mol. The molecule has 0 rings (SSSR count). The van der Waals surface area contributed by atoms with E-state index >= 15 is 0 Å². The Morgan fingerprint density at radius 3 is 1.90 bits per heavy atom. The number of hydrogen-bond donors (Lipinski definition) is 1. The van der Waals surface area contributed by atoms with E-state index in [-0.39, 0.29) is 6.42 Å². The van der Waals surface area contributed by atoms with Gasteiger partial charge in [0.15, 0.2) is 0 Å². The van der Waals surface area contributed by atoms with E-state index in [2.05, 4.69) is 38.2 Å². The van der Waals surface area contributed by atoms with Gasteiger partial charge in [0.05, 0.1) is 0 Å². The molecule has 0 aromatic carbocycles. The van der Waals surface area contributed by atoms with E-state index < -0.39 is 5.97 Å². The first-order chi connectivity index (χ1) is 10.1. The highest BCUT2D eigenvalue weighted by Crippen LogP contribution is 2.10. The molecular formula is C19H34O2. The van der Waals surface area contributed by atoms with Gasteiger partial charge in [0, 0.05) is 6.42 Å². The molecule has 1 N–H and O–H groups in total. The molecule has 0 fully saturated rings. The van der Waals surface area contributed by atoms with Crippen molar-refractivity contribution in [3.8, 4) is 0 Å². The third-order valence-corrected chi connectivity index (χ3v) is 3.50. The highest BCUT2D eigenvalue weighted by Gasteiger charge is 1.94. The molecule has 0 radical (unpaired) electrons. The van der Waals surface area contributed by atoms with Gasteiger partial charge in [0.1, 0.15) is 0 Å². The normalized spacial score (nSPS) is 12.0. The topological polar surface area (TPSA) is 37.3 Å². The third kappa shape index (κ3) is 18.9. The summed E-state index contributed by atoms with van der Waals surface area (Å²) in [4.78, 5) is 10.3. The van der Waals surface area contributed by atoms with Crippen LogP contribution in [0.25, 0.3) is 0 Å². The van der Waals surface area contributed by atoms with Crippen molar-refractivity contribution in [1.29, 1.82) is 0 Å². The highest BCUT2D eigenvalue weighted by atomic mass is 16.4. The van der Waals surface area contributed by atoms with E-state index in [0.717, 1.165) is 31.6 Å². The minimum absolute atomic E-state index is 0.279. The fraction of sp³-hybridized carbons (Fsp3) is 0.737. The first-order valence-electron chi connectivity index (χ1n) is 8.64. The quantitative estimate of drug-likeness (QED) is 0.309. The van der Waals surface area contributed by atoms with Crippen LogP contribution >= 0.6 is 0 Å². The summed E-state index contributed by atoms with van der Waals surface area (Å²) in [5, 5.41) is 8.50. The molecular weight excluding hydrogens is 260 g/mol. The second-order valence-electron chi connectivity index (χ2n) is 6.19. The van der Waals surface area contributed by atoms with Crippen molar-refractivity contribution in [2.45, 2.75) is 84.5 Å². The molecule has 122 valence electrons. The third-order valence-electron chi connectivity index (χ3n) is 3.50. The largest absolute Gasteiger partial charge is 0.481 e. The number of carboxylic acid groups (broad SMARTS) is 1. The molecule has 0 spiro atoms. The lowest BCUT2D eigenvalue weighted by atomic mass is 10.0. The Morgan fingerprint density at radius 2 is 1.33 bits per heavy atom. The summed E-state index contributed by atoms with van der Waals surface area (Å²) in [6.45, 7) is 4.59. The van der Waals surface area contributed by atoms with Crippen molar-refractivity contribution in [1.82, 2.24) is 0 Å². The Morgan fingerprint density at radius 1 is 0.810 bits per heavy atom. The molecule has 0 bridgehead atoms. The van der Waals surface area contributed by atoms with Gasteiger partial charge in [-0.1, -0.05) is 63.8 Å². The van der Waals surface area contributed by atoms with E-state index in [9.17, 15) is 4.79 Å². The van der Waals surface area contributed by atoms with Gasteiger partial charge in [-0.25, -0.2) is 0 Å². The highest BCUT2D eigenvalue weighted by molar-refractivity contribution is 5.66. The zero-order chi connectivity index (χ0) is 15.8. The fourth-order valence-electron chi connectivity index (χ4n) is 2.20. The van der Waals surface area contributed by atoms with Gasteiger partial charge in [0.25, 0.3) is 0 Å². The number of carbonyl (C=O) groups is 1. The van der Waals surface area contributed by atoms with Crippen molar-refractivity contribution in [2.75, 3.05) is 0 Å². The van der Waals surface area contributed by atoms with Crippen molar-refractivity contribution < 1.29 is 9.90 Å². The van der Waals surface area contributed by atoms with Gasteiger partial charge in [-0.15, -0.1) is 0 Å². The summed E-state index contributed by atoms with van der Waals surface area (Å²) in [6.07, 6.45) is 20.9. The molecule has 21 heavy (non-hydrogen) atoms. The second-order valence-corrected chi connectivity index (χ2v) is 6.19. The van der Waals surface area contributed by atoms with Gasteiger partial charge in [0.2, 0.25) is 0 Å². The lowest BCUT2D eigenvalue weighted by molar-refractivity contribution is -0.137. The zero-order valence-corrected chi connectivity index (χ0v) is 14.0. The number of aliphatic carboxylic acids is 1. The van der Waals surface area contributed by atoms with E-state index in [4.69, 9.17) is 5.11 Å². The van der Waals surface area contributed by atoms with Gasteiger partial charge in [-0.2, -0.15) is 0 Å². The Labute approximate surface area is 131 Å². The first kappa shape index (κ1) is 19.9. The Kier molecular flexibility index (Phi) is 14.6. The molecule has 0 unspecified atom stereocenters. The summed E-state index contributed by atoms with van der Waals surface area (Å²) < 4.78 is 0. The number of unbranched alkanes of at least 4 members (excludes halogenated alkanes) is 6. The summed E-state index contributed by atoms with van der Waals surface area (Å²) in [7, 11) is 0.